The molecule has 3 heterocycles. The molecule has 0 saturated carbocycles. The number of thiophene rings is 1. The third kappa shape index (κ3) is 6.63. The van der Waals surface area contributed by atoms with Crippen molar-refractivity contribution < 1.29 is 19.1 Å². The lowest BCUT2D eigenvalue weighted by Crippen LogP contribution is -2.50. The van der Waals surface area contributed by atoms with Gasteiger partial charge in [-0.2, -0.15) is 5.10 Å². The van der Waals surface area contributed by atoms with Crippen LogP contribution in [-0.4, -0.2) is 91.5 Å². The van der Waals surface area contributed by atoms with E-state index in [1.54, 1.807) is 28.4 Å². The Labute approximate surface area is 216 Å². The molecule has 1 saturated heterocycles. The highest BCUT2D eigenvalue weighted by Crippen LogP contribution is 2.34. The molecular weight excluding hydrogens is 478 g/mol. The van der Waals surface area contributed by atoms with Gasteiger partial charge in [-0.3, -0.25) is 9.69 Å². The SMILES string of the molecule is COc1ccc([C@H]2CC(c3cccs3)=NN2C(=O)CN(CCN2CCOCC2)C(=O)NC(C)C)cc1. The molecule has 0 unspecified atom stereocenters. The summed E-state index contributed by atoms with van der Waals surface area (Å²) in [4.78, 5) is 31.6. The molecular formula is C26H35N5O4S. The quantitative estimate of drug-likeness (QED) is 0.557. The minimum Gasteiger partial charge on any atom is -0.497 e. The molecule has 1 aromatic heterocycles. The number of benzene rings is 1. The molecule has 9 nitrogen and oxygen atoms in total. The first-order valence-corrected chi connectivity index (χ1v) is 13.3. The molecule has 1 atom stereocenters. The molecule has 0 spiro atoms. The van der Waals surface area contributed by atoms with Crippen LogP contribution in [0.4, 0.5) is 4.79 Å². The molecule has 2 aliphatic rings. The van der Waals surface area contributed by atoms with Crippen LogP contribution in [0.15, 0.2) is 46.9 Å². The van der Waals surface area contributed by atoms with Gasteiger partial charge in [0.2, 0.25) is 0 Å². The maximum atomic E-state index is 13.7. The van der Waals surface area contributed by atoms with E-state index in [1.807, 2.05) is 55.6 Å². The second kappa shape index (κ2) is 12.3. The van der Waals surface area contributed by atoms with E-state index in [0.717, 1.165) is 35.0 Å². The molecule has 2 aromatic rings. The number of carbonyl (C=O) groups excluding carboxylic acids is 2. The molecule has 10 heteroatoms. The van der Waals surface area contributed by atoms with Gasteiger partial charge >= 0.3 is 6.03 Å². The smallest absolute Gasteiger partial charge is 0.318 e. The largest absolute Gasteiger partial charge is 0.497 e. The minimum absolute atomic E-state index is 0.0271. The predicted molar refractivity (Wildman–Crippen MR) is 141 cm³/mol. The summed E-state index contributed by atoms with van der Waals surface area (Å²) in [6.07, 6.45) is 0.616. The minimum atomic E-state index is -0.241. The van der Waals surface area contributed by atoms with E-state index in [2.05, 4.69) is 10.2 Å². The number of ether oxygens (including phenoxy) is 2. The Morgan fingerprint density at radius 1 is 1.22 bits per heavy atom. The Kier molecular flexibility index (Phi) is 8.95. The molecule has 1 fully saturated rings. The summed E-state index contributed by atoms with van der Waals surface area (Å²) >= 11 is 1.61. The van der Waals surface area contributed by atoms with Gasteiger partial charge in [-0.05, 0) is 43.0 Å². The first-order valence-electron chi connectivity index (χ1n) is 12.4. The first kappa shape index (κ1) is 26.1. The lowest BCUT2D eigenvalue weighted by atomic mass is 10.0. The monoisotopic (exact) mass is 513 g/mol. The van der Waals surface area contributed by atoms with Gasteiger partial charge in [0, 0.05) is 38.6 Å². The first-order chi connectivity index (χ1) is 17.4. The number of hydrazone groups is 1. The van der Waals surface area contributed by atoms with Gasteiger partial charge in [0.15, 0.2) is 0 Å². The molecule has 4 rings (SSSR count). The number of nitrogens with zero attached hydrogens (tertiary/aromatic N) is 4. The van der Waals surface area contributed by atoms with E-state index in [-0.39, 0.29) is 30.6 Å². The average molecular weight is 514 g/mol. The van der Waals surface area contributed by atoms with Crippen molar-refractivity contribution >= 4 is 29.0 Å². The van der Waals surface area contributed by atoms with Crippen molar-refractivity contribution in [3.63, 3.8) is 0 Å². The van der Waals surface area contributed by atoms with Gasteiger partial charge in [0.05, 0.1) is 37.0 Å². The van der Waals surface area contributed by atoms with Crippen molar-refractivity contribution in [2.75, 3.05) is 53.0 Å². The number of nitrogens with one attached hydrogen (secondary N) is 1. The van der Waals surface area contributed by atoms with E-state index in [9.17, 15) is 9.59 Å². The molecule has 3 amide bonds. The maximum Gasteiger partial charge on any atom is 0.318 e. The highest BCUT2D eigenvalue weighted by Gasteiger charge is 2.35. The summed E-state index contributed by atoms with van der Waals surface area (Å²) in [5, 5.41) is 11.3. The molecule has 194 valence electrons. The van der Waals surface area contributed by atoms with E-state index < -0.39 is 0 Å². The van der Waals surface area contributed by atoms with Crippen molar-refractivity contribution in [3.05, 3.63) is 52.2 Å². The molecule has 0 radical (unpaired) electrons. The van der Waals surface area contributed by atoms with E-state index >= 15 is 0 Å². The fourth-order valence-corrected chi connectivity index (χ4v) is 5.05. The summed E-state index contributed by atoms with van der Waals surface area (Å²) < 4.78 is 10.7. The van der Waals surface area contributed by atoms with Crippen LogP contribution in [0, 0.1) is 0 Å². The van der Waals surface area contributed by atoms with Crippen LogP contribution in [0.5, 0.6) is 5.75 Å². The lowest BCUT2D eigenvalue weighted by molar-refractivity contribution is -0.133. The van der Waals surface area contributed by atoms with E-state index in [1.165, 1.54) is 0 Å². The highest BCUT2D eigenvalue weighted by molar-refractivity contribution is 7.12. The second-order valence-electron chi connectivity index (χ2n) is 9.24. The summed E-state index contributed by atoms with van der Waals surface area (Å²) in [7, 11) is 1.63. The van der Waals surface area contributed by atoms with Crippen LogP contribution in [0.25, 0.3) is 0 Å². The number of morpholine rings is 1. The van der Waals surface area contributed by atoms with E-state index in [4.69, 9.17) is 14.6 Å². The number of hydrogen-bond donors (Lipinski definition) is 1. The van der Waals surface area contributed by atoms with Crippen molar-refractivity contribution in [1.82, 2.24) is 20.1 Å². The van der Waals surface area contributed by atoms with Gasteiger partial charge in [-0.25, -0.2) is 9.80 Å². The van der Waals surface area contributed by atoms with Crippen molar-refractivity contribution in [1.29, 1.82) is 0 Å². The molecule has 0 bridgehead atoms. The summed E-state index contributed by atoms with van der Waals surface area (Å²) in [6.45, 7) is 7.96. The van der Waals surface area contributed by atoms with Crippen LogP contribution in [0.3, 0.4) is 0 Å². The molecule has 2 aliphatic heterocycles. The zero-order valence-electron chi connectivity index (χ0n) is 21.2. The number of amides is 3. The van der Waals surface area contributed by atoms with Gasteiger partial charge in [-0.15, -0.1) is 11.3 Å². The van der Waals surface area contributed by atoms with Crippen molar-refractivity contribution in [3.8, 4) is 5.75 Å². The normalized spacial score (nSPS) is 18.3. The standard InChI is InChI=1S/C26H35N5O4S/c1-19(2)27-26(33)30(11-10-29-12-14-35-15-13-29)18-25(32)31-23(20-6-8-21(34-3)9-7-20)17-22(28-31)24-5-4-16-36-24/h4-9,16,19,23H,10-15,17-18H2,1-3H3,(H,27,33)/t23-/m1/s1. The zero-order valence-corrected chi connectivity index (χ0v) is 22.0. The lowest BCUT2D eigenvalue weighted by Gasteiger charge is -2.31. The average Bonchev–Trinajstić information content (AvgIpc) is 3.57. The third-order valence-electron chi connectivity index (χ3n) is 6.29. The summed E-state index contributed by atoms with van der Waals surface area (Å²) in [5.41, 5.74) is 1.86. The van der Waals surface area contributed by atoms with Crippen LogP contribution >= 0.6 is 11.3 Å². The summed E-state index contributed by atoms with van der Waals surface area (Å²) in [5.74, 6) is 0.553. The van der Waals surface area contributed by atoms with Crippen molar-refractivity contribution in [2.24, 2.45) is 5.10 Å². The number of carbonyl (C=O) groups is 2. The van der Waals surface area contributed by atoms with Gasteiger partial charge in [0.1, 0.15) is 12.3 Å². The van der Waals surface area contributed by atoms with Crippen LogP contribution in [0.2, 0.25) is 0 Å². The van der Waals surface area contributed by atoms with Crippen LogP contribution < -0.4 is 10.1 Å². The second-order valence-corrected chi connectivity index (χ2v) is 10.2. The van der Waals surface area contributed by atoms with E-state index in [0.29, 0.717) is 32.7 Å². The molecule has 1 aromatic carbocycles. The Hall–Kier alpha value is -2.95. The number of methoxy groups -OCH3 is 1. The fraction of sp³-hybridized carbons (Fsp3) is 0.500. The topological polar surface area (TPSA) is 86.7 Å². The Morgan fingerprint density at radius 2 is 1.97 bits per heavy atom. The Balaban J connectivity index is 1.53. The number of hydrogen-bond acceptors (Lipinski definition) is 7. The Bertz CT molecular complexity index is 1040. The van der Waals surface area contributed by atoms with Crippen molar-refractivity contribution in [2.45, 2.75) is 32.4 Å². The Morgan fingerprint density at radius 3 is 2.61 bits per heavy atom. The van der Waals surface area contributed by atoms with Crippen LogP contribution in [0.1, 0.15) is 36.8 Å². The number of urea groups is 1. The van der Waals surface area contributed by atoms with Gasteiger partial charge in [0.25, 0.3) is 5.91 Å². The molecule has 1 N–H and O–H groups in total. The summed E-state index contributed by atoms with van der Waals surface area (Å²) in [6, 6.07) is 11.2. The van der Waals surface area contributed by atoms with Crippen LogP contribution in [-0.2, 0) is 9.53 Å². The predicted octanol–water partition coefficient (Wildman–Crippen LogP) is 3.19. The number of rotatable bonds is 9. The van der Waals surface area contributed by atoms with Gasteiger partial charge in [-0.1, -0.05) is 18.2 Å². The zero-order chi connectivity index (χ0) is 25.5. The molecule has 0 aliphatic carbocycles. The molecule has 36 heavy (non-hydrogen) atoms. The fourth-order valence-electron chi connectivity index (χ4n) is 4.33. The third-order valence-corrected chi connectivity index (χ3v) is 7.21. The maximum absolute atomic E-state index is 13.7. The highest BCUT2D eigenvalue weighted by atomic mass is 32.1. The van der Waals surface area contributed by atoms with Gasteiger partial charge < -0.3 is 19.7 Å².